The van der Waals surface area contributed by atoms with Gasteiger partial charge in [-0.15, -0.1) is 0 Å². The van der Waals surface area contributed by atoms with Gasteiger partial charge in [0.1, 0.15) is 6.79 Å². The molecule has 0 atom stereocenters. The van der Waals surface area contributed by atoms with Gasteiger partial charge in [-0.1, -0.05) is 24.3 Å². The summed E-state index contributed by atoms with van der Waals surface area (Å²) < 4.78 is 0. The first kappa shape index (κ1) is 26.0. The molecule has 176 valence electrons. The number of anilines is 4. The van der Waals surface area contributed by atoms with Gasteiger partial charge < -0.3 is 27.7 Å². The summed E-state index contributed by atoms with van der Waals surface area (Å²) >= 11 is 0. The minimum Gasteiger partial charge on any atom is -0.399 e. The predicted molar refractivity (Wildman–Crippen MR) is 147 cm³/mol. The van der Waals surface area contributed by atoms with E-state index in [0.29, 0.717) is 0 Å². The van der Waals surface area contributed by atoms with Gasteiger partial charge in [0, 0.05) is 22.7 Å². The molecule has 0 aromatic heterocycles. The fourth-order valence-electron chi connectivity index (χ4n) is 3.42. The second-order valence-corrected chi connectivity index (χ2v) is 8.29. The molecule has 0 saturated heterocycles. The molecule has 0 aliphatic carbocycles. The molecule has 8 N–H and O–H groups in total. The van der Waals surface area contributed by atoms with Gasteiger partial charge in [0.15, 0.2) is 0 Å². The van der Waals surface area contributed by atoms with Crippen molar-refractivity contribution in [3.8, 4) is 22.3 Å². The molecule has 0 radical (unpaired) electrons. The summed E-state index contributed by atoms with van der Waals surface area (Å²) in [7, 11) is 0. The molecule has 0 fully saturated rings. The molecule has 34 heavy (non-hydrogen) atoms. The second-order valence-electron chi connectivity index (χ2n) is 8.29. The highest BCUT2D eigenvalue weighted by atomic mass is 16.1. The van der Waals surface area contributed by atoms with Crippen molar-refractivity contribution in [2.45, 2.75) is 27.7 Å². The molecule has 0 amide bonds. The zero-order chi connectivity index (χ0) is 25.4. The number of carbonyl (C=O) groups is 1. The molecule has 0 unspecified atom stereocenters. The lowest BCUT2D eigenvalue weighted by atomic mass is 10.0. The zero-order valence-corrected chi connectivity index (χ0v) is 20.4. The van der Waals surface area contributed by atoms with Crippen LogP contribution in [-0.4, -0.2) is 6.79 Å². The van der Waals surface area contributed by atoms with Crippen LogP contribution in [0.2, 0.25) is 0 Å². The van der Waals surface area contributed by atoms with Gasteiger partial charge in [-0.25, -0.2) is 0 Å². The van der Waals surface area contributed by atoms with Crippen LogP contribution in [0.15, 0.2) is 72.8 Å². The minimum atomic E-state index is 0.830. The van der Waals surface area contributed by atoms with Gasteiger partial charge in [0.2, 0.25) is 0 Å². The highest BCUT2D eigenvalue weighted by Crippen LogP contribution is 2.27. The molecule has 4 rings (SSSR count). The van der Waals surface area contributed by atoms with Crippen LogP contribution in [0.25, 0.3) is 22.3 Å². The average molecular weight is 455 g/mol. The van der Waals surface area contributed by atoms with Crippen molar-refractivity contribution in [1.29, 1.82) is 0 Å². The number of hydrogen-bond acceptors (Lipinski definition) is 5. The van der Waals surface area contributed by atoms with Crippen LogP contribution >= 0.6 is 0 Å². The Morgan fingerprint density at radius 1 is 0.412 bits per heavy atom. The summed E-state index contributed by atoms with van der Waals surface area (Å²) in [5.74, 6) is 0. The topological polar surface area (TPSA) is 121 Å². The van der Waals surface area contributed by atoms with Crippen LogP contribution in [0, 0.1) is 27.7 Å². The molecule has 0 aliphatic heterocycles. The van der Waals surface area contributed by atoms with E-state index >= 15 is 0 Å². The Hall–Kier alpha value is -4.25. The van der Waals surface area contributed by atoms with Gasteiger partial charge in [-0.05, 0) is 121 Å². The van der Waals surface area contributed by atoms with Crippen LogP contribution in [0.5, 0.6) is 0 Å². The van der Waals surface area contributed by atoms with E-state index in [2.05, 4.69) is 24.3 Å². The highest BCUT2D eigenvalue weighted by molar-refractivity contribution is 5.71. The first-order chi connectivity index (χ1) is 16.2. The molecule has 0 spiro atoms. The lowest BCUT2D eigenvalue weighted by Crippen LogP contribution is -1.91. The monoisotopic (exact) mass is 454 g/mol. The number of rotatable bonds is 2. The van der Waals surface area contributed by atoms with E-state index < -0.39 is 0 Å². The molecule has 0 aliphatic rings. The third kappa shape index (κ3) is 6.39. The quantitative estimate of drug-likeness (QED) is 0.273. The number of aryl methyl sites for hydroxylation is 4. The molecule has 4 aromatic rings. The first-order valence-corrected chi connectivity index (χ1v) is 10.9. The zero-order valence-electron chi connectivity index (χ0n) is 20.4. The van der Waals surface area contributed by atoms with E-state index in [-0.39, 0.29) is 0 Å². The Morgan fingerprint density at radius 2 is 0.588 bits per heavy atom. The van der Waals surface area contributed by atoms with Crippen molar-refractivity contribution < 1.29 is 4.79 Å². The molecule has 4 aromatic carbocycles. The minimum absolute atomic E-state index is 0.830. The first-order valence-electron chi connectivity index (χ1n) is 10.9. The largest absolute Gasteiger partial charge is 0.399 e. The van der Waals surface area contributed by atoms with Crippen molar-refractivity contribution in [3.63, 3.8) is 0 Å². The Bertz CT molecular complexity index is 1080. The highest BCUT2D eigenvalue weighted by Gasteiger charge is 2.03. The molecule has 5 nitrogen and oxygen atoms in total. The van der Waals surface area contributed by atoms with Gasteiger partial charge in [-0.3, -0.25) is 0 Å². The summed E-state index contributed by atoms with van der Waals surface area (Å²) in [6.07, 6.45) is 0. The molecule has 5 heteroatoms. The van der Waals surface area contributed by atoms with Crippen LogP contribution < -0.4 is 22.9 Å². The number of nitrogen functional groups attached to an aromatic ring is 4. The maximum atomic E-state index is 8.00. The Morgan fingerprint density at radius 3 is 0.735 bits per heavy atom. The van der Waals surface area contributed by atoms with Crippen LogP contribution in [0.4, 0.5) is 22.7 Å². The normalized spacial score (nSPS) is 9.88. The van der Waals surface area contributed by atoms with Crippen LogP contribution in [-0.2, 0) is 4.79 Å². The molecular formula is C29H34N4O. The lowest BCUT2D eigenvalue weighted by Gasteiger charge is -2.07. The van der Waals surface area contributed by atoms with Gasteiger partial charge in [-0.2, -0.15) is 0 Å². The SMILES string of the molecule is C=O.Cc1cc(-c2ccc(N)c(C)c2)ccc1N.Cc1cc(-c2ccc(N)c(C)c2)ccc1N. The van der Waals surface area contributed by atoms with E-state index in [1.54, 1.807) is 0 Å². The van der Waals surface area contributed by atoms with Crippen molar-refractivity contribution in [1.82, 2.24) is 0 Å². The Labute approximate surface area is 202 Å². The van der Waals surface area contributed by atoms with Gasteiger partial charge in [0.05, 0.1) is 0 Å². The van der Waals surface area contributed by atoms with Crippen molar-refractivity contribution >= 4 is 29.5 Å². The van der Waals surface area contributed by atoms with E-state index in [9.17, 15) is 0 Å². The summed E-state index contributed by atoms with van der Waals surface area (Å²) in [5.41, 5.74) is 35.6. The van der Waals surface area contributed by atoms with Crippen LogP contribution in [0.3, 0.4) is 0 Å². The standard InChI is InChI=1S/2C14H16N2.CH2O/c2*1-9-7-11(3-5-13(9)15)12-4-6-14(16)10(2)8-12;1-2/h2*3-8H,15-16H2,1-2H3;1H2. The van der Waals surface area contributed by atoms with Crippen molar-refractivity contribution in [2.75, 3.05) is 22.9 Å². The van der Waals surface area contributed by atoms with Gasteiger partial charge >= 0.3 is 0 Å². The third-order valence-electron chi connectivity index (χ3n) is 5.75. The molecule has 0 heterocycles. The van der Waals surface area contributed by atoms with Crippen molar-refractivity contribution in [2.24, 2.45) is 0 Å². The van der Waals surface area contributed by atoms with E-state index in [1.165, 1.54) is 22.3 Å². The summed E-state index contributed by atoms with van der Waals surface area (Å²) in [4.78, 5) is 8.00. The number of nitrogens with two attached hydrogens (primary N) is 4. The number of hydrogen-bond donors (Lipinski definition) is 4. The summed E-state index contributed by atoms with van der Waals surface area (Å²) in [6.45, 7) is 10.1. The predicted octanol–water partition coefficient (Wildman–Crippen LogP) is 6.08. The Kier molecular flexibility index (Phi) is 8.85. The average Bonchev–Trinajstić information content (AvgIpc) is 2.83. The second kappa shape index (κ2) is 11.6. The smallest absolute Gasteiger partial charge is 0.106 e. The van der Waals surface area contributed by atoms with E-state index in [0.717, 1.165) is 45.0 Å². The van der Waals surface area contributed by atoms with Gasteiger partial charge in [0.25, 0.3) is 0 Å². The summed E-state index contributed by atoms with van der Waals surface area (Å²) in [6, 6.07) is 24.3. The maximum absolute atomic E-state index is 8.00. The Balaban J connectivity index is 0.000000224. The van der Waals surface area contributed by atoms with Crippen LogP contribution in [0.1, 0.15) is 22.3 Å². The lowest BCUT2D eigenvalue weighted by molar-refractivity contribution is -0.0979. The molecular weight excluding hydrogens is 420 g/mol. The number of carbonyl (C=O) groups excluding carboxylic acids is 1. The molecule has 0 bridgehead atoms. The third-order valence-corrected chi connectivity index (χ3v) is 5.75. The van der Waals surface area contributed by atoms with E-state index in [1.807, 2.05) is 83.0 Å². The number of benzene rings is 4. The summed E-state index contributed by atoms with van der Waals surface area (Å²) in [5, 5.41) is 0. The fourth-order valence-corrected chi connectivity index (χ4v) is 3.42. The van der Waals surface area contributed by atoms with Crippen molar-refractivity contribution in [3.05, 3.63) is 95.1 Å². The maximum Gasteiger partial charge on any atom is 0.106 e. The van der Waals surface area contributed by atoms with E-state index in [4.69, 9.17) is 27.7 Å². The fraction of sp³-hybridized carbons (Fsp3) is 0.138. The molecule has 0 saturated carbocycles.